The van der Waals surface area contributed by atoms with E-state index < -0.39 is 21.9 Å². The van der Waals surface area contributed by atoms with Crippen molar-refractivity contribution < 1.29 is 22.7 Å². The van der Waals surface area contributed by atoms with Crippen LogP contribution in [0.1, 0.15) is 46.3 Å². The first-order chi connectivity index (χ1) is 13.8. The minimum Gasteiger partial charge on any atom is -0.462 e. The molecule has 29 heavy (non-hydrogen) atoms. The van der Waals surface area contributed by atoms with Crippen LogP contribution in [-0.2, 0) is 21.8 Å². The van der Waals surface area contributed by atoms with Gasteiger partial charge < -0.3 is 14.6 Å². The number of hydrogen-bond acceptors (Lipinski definition) is 5. The van der Waals surface area contributed by atoms with Gasteiger partial charge >= 0.3 is 5.97 Å². The number of nitrogens with one attached hydrogen (secondary N) is 1. The van der Waals surface area contributed by atoms with Crippen LogP contribution in [0.4, 0.5) is 5.69 Å². The van der Waals surface area contributed by atoms with Gasteiger partial charge in [-0.1, -0.05) is 6.07 Å². The Kier molecular flexibility index (Phi) is 6.09. The lowest BCUT2D eigenvalue weighted by molar-refractivity contribution is 0.0526. The van der Waals surface area contributed by atoms with E-state index in [1.54, 1.807) is 43.7 Å². The Morgan fingerprint density at radius 3 is 2.52 bits per heavy atom. The van der Waals surface area contributed by atoms with Crippen molar-refractivity contribution in [3.05, 3.63) is 47.3 Å². The van der Waals surface area contributed by atoms with E-state index in [1.807, 2.05) is 0 Å². The van der Waals surface area contributed by atoms with E-state index in [9.17, 15) is 18.0 Å². The van der Waals surface area contributed by atoms with Crippen molar-refractivity contribution in [2.24, 2.45) is 7.05 Å². The molecule has 0 bridgehead atoms. The number of rotatable bonds is 6. The van der Waals surface area contributed by atoms with Gasteiger partial charge in [0.25, 0.3) is 5.91 Å². The summed E-state index contributed by atoms with van der Waals surface area (Å²) in [5.74, 6) is -0.934. The Morgan fingerprint density at radius 2 is 1.86 bits per heavy atom. The molecule has 0 radical (unpaired) electrons. The molecule has 1 amide bonds. The molecule has 9 heteroatoms. The fourth-order valence-electron chi connectivity index (χ4n) is 3.35. The number of ether oxygens (including phenoxy) is 1. The highest BCUT2D eigenvalue weighted by Gasteiger charge is 2.31. The predicted octanol–water partition coefficient (Wildman–Crippen LogP) is 2.55. The molecule has 1 aromatic heterocycles. The van der Waals surface area contributed by atoms with Gasteiger partial charge in [0.05, 0.1) is 12.2 Å². The van der Waals surface area contributed by atoms with Crippen LogP contribution in [0.5, 0.6) is 0 Å². The minimum atomic E-state index is -3.63. The van der Waals surface area contributed by atoms with E-state index in [4.69, 9.17) is 4.74 Å². The van der Waals surface area contributed by atoms with Gasteiger partial charge in [0.2, 0.25) is 10.0 Å². The number of benzene rings is 1. The van der Waals surface area contributed by atoms with Gasteiger partial charge in [-0.25, -0.2) is 13.2 Å². The zero-order valence-corrected chi connectivity index (χ0v) is 17.6. The molecule has 1 aliphatic rings. The molecular weight excluding hydrogens is 394 g/mol. The monoisotopic (exact) mass is 419 g/mol. The first-order valence-electron chi connectivity index (χ1n) is 9.50. The first-order valence-corrected chi connectivity index (χ1v) is 10.9. The van der Waals surface area contributed by atoms with Crippen LogP contribution in [0, 0.1) is 6.92 Å². The summed E-state index contributed by atoms with van der Waals surface area (Å²) in [5.41, 5.74) is 1.47. The summed E-state index contributed by atoms with van der Waals surface area (Å²) in [6.07, 6.45) is 1.69. The molecule has 1 N–H and O–H groups in total. The number of anilines is 1. The molecule has 0 saturated carbocycles. The number of carbonyl (C=O) groups excluding carboxylic acids is 2. The Labute approximate surface area is 170 Å². The average Bonchev–Trinajstić information content (AvgIpc) is 3.32. The van der Waals surface area contributed by atoms with E-state index in [0.29, 0.717) is 30.0 Å². The van der Waals surface area contributed by atoms with E-state index >= 15 is 0 Å². The normalized spacial score (nSPS) is 14.7. The second-order valence-electron chi connectivity index (χ2n) is 6.90. The minimum absolute atomic E-state index is 0.146. The molecule has 0 unspecified atom stereocenters. The van der Waals surface area contributed by atoms with Crippen LogP contribution in [0.2, 0.25) is 0 Å². The fraction of sp³-hybridized carbons (Fsp3) is 0.400. The lowest BCUT2D eigenvalue weighted by Crippen LogP contribution is -2.28. The third kappa shape index (κ3) is 4.20. The van der Waals surface area contributed by atoms with Gasteiger partial charge in [0, 0.05) is 31.5 Å². The Hall–Kier alpha value is -2.65. The number of esters is 1. The van der Waals surface area contributed by atoms with Gasteiger partial charge in [-0.3, -0.25) is 4.79 Å². The van der Waals surface area contributed by atoms with Gasteiger partial charge in [0.15, 0.2) is 0 Å². The number of amides is 1. The van der Waals surface area contributed by atoms with Crippen molar-refractivity contribution in [3.8, 4) is 0 Å². The van der Waals surface area contributed by atoms with Crippen molar-refractivity contribution in [2.75, 3.05) is 25.0 Å². The molecule has 8 nitrogen and oxygen atoms in total. The standard InChI is InChI=1S/C20H25N3O5S/c1-4-28-20(25)15-8-7-9-16(12-15)21-19(24)17-13-18(14(2)22(17)3)29(26,27)23-10-5-6-11-23/h7-9,12-13H,4-6,10-11H2,1-3H3,(H,21,24). The summed E-state index contributed by atoms with van der Waals surface area (Å²) in [7, 11) is -1.98. The van der Waals surface area contributed by atoms with Crippen LogP contribution in [0.15, 0.2) is 35.2 Å². The van der Waals surface area contributed by atoms with Crippen molar-refractivity contribution in [1.29, 1.82) is 0 Å². The summed E-state index contributed by atoms with van der Waals surface area (Å²) < 4.78 is 33.8. The summed E-state index contributed by atoms with van der Waals surface area (Å²) >= 11 is 0. The number of nitrogens with zero attached hydrogens (tertiary/aromatic N) is 2. The largest absolute Gasteiger partial charge is 0.462 e. The zero-order valence-electron chi connectivity index (χ0n) is 16.8. The lowest BCUT2D eigenvalue weighted by atomic mass is 10.2. The third-order valence-electron chi connectivity index (χ3n) is 5.04. The Balaban J connectivity index is 1.85. The molecule has 156 valence electrons. The molecule has 3 rings (SSSR count). The van der Waals surface area contributed by atoms with Crippen molar-refractivity contribution in [2.45, 2.75) is 31.6 Å². The molecule has 0 atom stereocenters. The molecule has 2 heterocycles. The quantitative estimate of drug-likeness (QED) is 0.726. The van der Waals surface area contributed by atoms with Gasteiger partial charge in [-0.05, 0) is 51.0 Å². The highest BCUT2D eigenvalue weighted by Crippen LogP contribution is 2.26. The molecular formula is C20H25N3O5S. The maximum Gasteiger partial charge on any atom is 0.338 e. The second kappa shape index (κ2) is 8.38. The van der Waals surface area contributed by atoms with E-state index in [0.717, 1.165) is 12.8 Å². The lowest BCUT2D eigenvalue weighted by Gasteiger charge is -2.15. The predicted molar refractivity (Wildman–Crippen MR) is 108 cm³/mol. The van der Waals surface area contributed by atoms with Crippen molar-refractivity contribution >= 4 is 27.6 Å². The number of hydrogen-bond donors (Lipinski definition) is 1. The fourth-order valence-corrected chi connectivity index (χ4v) is 5.14. The summed E-state index contributed by atoms with van der Waals surface area (Å²) in [5, 5.41) is 2.72. The van der Waals surface area contributed by atoms with E-state index in [2.05, 4.69) is 5.32 Å². The van der Waals surface area contributed by atoms with Gasteiger partial charge in [-0.15, -0.1) is 0 Å². The maximum atomic E-state index is 12.9. The summed E-state index contributed by atoms with van der Waals surface area (Å²) in [6, 6.07) is 7.82. The SMILES string of the molecule is CCOC(=O)c1cccc(NC(=O)c2cc(S(=O)(=O)N3CCCC3)c(C)n2C)c1. The Morgan fingerprint density at radius 1 is 1.17 bits per heavy atom. The van der Waals surface area contributed by atoms with Crippen LogP contribution in [-0.4, -0.2) is 48.9 Å². The van der Waals surface area contributed by atoms with Crippen molar-refractivity contribution in [1.82, 2.24) is 8.87 Å². The zero-order chi connectivity index (χ0) is 21.2. The van der Waals surface area contributed by atoms with Crippen LogP contribution < -0.4 is 5.32 Å². The highest BCUT2D eigenvalue weighted by atomic mass is 32.2. The van der Waals surface area contributed by atoms with E-state index in [-0.39, 0.29) is 17.2 Å². The smallest absolute Gasteiger partial charge is 0.338 e. The molecule has 0 aliphatic carbocycles. The number of carbonyl (C=O) groups is 2. The molecule has 0 spiro atoms. The van der Waals surface area contributed by atoms with Crippen molar-refractivity contribution in [3.63, 3.8) is 0 Å². The van der Waals surface area contributed by atoms with Gasteiger partial charge in [0.1, 0.15) is 10.6 Å². The highest BCUT2D eigenvalue weighted by molar-refractivity contribution is 7.89. The third-order valence-corrected chi connectivity index (χ3v) is 7.05. The Bertz CT molecular complexity index is 1040. The number of sulfonamides is 1. The van der Waals surface area contributed by atoms with Crippen LogP contribution in [0.25, 0.3) is 0 Å². The van der Waals surface area contributed by atoms with Crippen LogP contribution in [0.3, 0.4) is 0 Å². The maximum absolute atomic E-state index is 12.9. The van der Waals surface area contributed by atoms with Gasteiger partial charge in [-0.2, -0.15) is 4.31 Å². The summed E-state index contributed by atoms with van der Waals surface area (Å²) in [4.78, 5) is 24.8. The average molecular weight is 420 g/mol. The molecule has 1 aliphatic heterocycles. The number of aromatic nitrogens is 1. The molecule has 1 saturated heterocycles. The molecule has 1 fully saturated rings. The second-order valence-corrected chi connectivity index (χ2v) is 8.81. The van der Waals surface area contributed by atoms with E-state index in [1.165, 1.54) is 16.4 Å². The topological polar surface area (TPSA) is 97.7 Å². The molecule has 2 aromatic rings. The molecule has 1 aromatic carbocycles. The summed E-state index contributed by atoms with van der Waals surface area (Å²) in [6.45, 7) is 4.65. The van der Waals surface area contributed by atoms with Crippen LogP contribution >= 0.6 is 0 Å². The first kappa shape index (κ1) is 21.1.